The highest BCUT2D eigenvalue weighted by Crippen LogP contribution is 2.23. The second kappa shape index (κ2) is 7.82. The first-order valence-corrected chi connectivity index (χ1v) is 7.97. The van der Waals surface area contributed by atoms with Gasteiger partial charge in [-0.15, -0.1) is 0 Å². The number of aromatic carboxylic acids is 1. The van der Waals surface area contributed by atoms with Crippen molar-refractivity contribution >= 4 is 46.6 Å². The monoisotopic (exact) mass is 370 g/mol. The zero-order chi connectivity index (χ0) is 17.0. The molecular formula is C17H13Cl3O3. The van der Waals surface area contributed by atoms with Gasteiger partial charge in [0.25, 0.3) is 0 Å². The maximum absolute atomic E-state index is 12.1. The van der Waals surface area contributed by atoms with E-state index in [-0.39, 0.29) is 24.2 Å². The summed E-state index contributed by atoms with van der Waals surface area (Å²) in [5.41, 5.74) is 1.42. The molecule has 0 saturated heterocycles. The van der Waals surface area contributed by atoms with E-state index in [1.807, 2.05) is 6.07 Å². The quantitative estimate of drug-likeness (QED) is 0.769. The van der Waals surface area contributed by atoms with Crippen molar-refractivity contribution in [1.82, 2.24) is 0 Å². The molecule has 0 aliphatic rings. The van der Waals surface area contributed by atoms with E-state index in [9.17, 15) is 9.59 Å². The molecule has 0 aliphatic carbocycles. The third-order valence-electron chi connectivity index (χ3n) is 3.36. The lowest BCUT2D eigenvalue weighted by Gasteiger charge is -2.07. The number of benzene rings is 2. The molecular weight excluding hydrogens is 359 g/mol. The number of Topliss-reactive ketones (excluding diaryl/α,β-unsaturated/α-hetero) is 1. The number of ketones is 1. The van der Waals surface area contributed by atoms with Gasteiger partial charge in [-0.05, 0) is 47.9 Å². The standard InChI is InChI=1S/C17H13Cl3O3/c18-12-3-5-14(17(22)23)11(8-12)9-13(21)4-1-10-2-6-15(19)16(20)7-10/h2-3,5-8H,1,4,9H2,(H,22,23). The van der Waals surface area contributed by atoms with E-state index in [4.69, 9.17) is 39.9 Å². The lowest BCUT2D eigenvalue weighted by molar-refractivity contribution is -0.118. The second-order valence-electron chi connectivity index (χ2n) is 5.07. The van der Waals surface area contributed by atoms with Crippen molar-refractivity contribution in [1.29, 1.82) is 0 Å². The lowest BCUT2D eigenvalue weighted by atomic mass is 9.99. The number of carboxylic acids is 1. The molecule has 0 amide bonds. The maximum Gasteiger partial charge on any atom is 0.335 e. The van der Waals surface area contributed by atoms with Gasteiger partial charge in [0.2, 0.25) is 0 Å². The van der Waals surface area contributed by atoms with Gasteiger partial charge in [0.1, 0.15) is 5.78 Å². The number of carbonyl (C=O) groups is 2. The summed E-state index contributed by atoms with van der Waals surface area (Å²) in [7, 11) is 0. The molecule has 0 spiro atoms. The van der Waals surface area contributed by atoms with Crippen LogP contribution in [-0.2, 0) is 17.6 Å². The van der Waals surface area contributed by atoms with E-state index in [2.05, 4.69) is 0 Å². The van der Waals surface area contributed by atoms with E-state index < -0.39 is 5.97 Å². The molecule has 3 nitrogen and oxygen atoms in total. The summed E-state index contributed by atoms with van der Waals surface area (Å²) in [4.78, 5) is 23.3. The third-order valence-corrected chi connectivity index (χ3v) is 4.34. The fraction of sp³-hybridized carbons (Fsp3) is 0.176. The van der Waals surface area contributed by atoms with Crippen molar-refractivity contribution in [2.75, 3.05) is 0 Å². The molecule has 0 fully saturated rings. The van der Waals surface area contributed by atoms with Crippen LogP contribution in [0.2, 0.25) is 15.1 Å². The Bertz CT molecular complexity index is 757. The van der Waals surface area contributed by atoms with Crippen molar-refractivity contribution in [2.45, 2.75) is 19.3 Å². The zero-order valence-corrected chi connectivity index (χ0v) is 14.3. The number of carboxylic acid groups (broad SMARTS) is 1. The molecule has 0 unspecified atom stereocenters. The molecule has 0 aliphatic heterocycles. The number of halogens is 3. The van der Waals surface area contributed by atoms with Gasteiger partial charge in [-0.25, -0.2) is 4.79 Å². The average Bonchev–Trinajstić information content (AvgIpc) is 2.48. The predicted octanol–water partition coefficient (Wildman–Crippen LogP) is 5.09. The van der Waals surface area contributed by atoms with Gasteiger partial charge < -0.3 is 5.11 Å². The first-order chi connectivity index (χ1) is 10.9. The summed E-state index contributed by atoms with van der Waals surface area (Å²) in [5, 5.41) is 10.5. The Morgan fingerprint density at radius 3 is 2.35 bits per heavy atom. The zero-order valence-electron chi connectivity index (χ0n) is 12.0. The van der Waals surface area contributed by atoms with Gasteiger partial charge in [-0.1, -0.05) is 40.9 Å². The highest BCUT2D eigenvalue weighted by atomic mass is 35.5. The Kier molecular flexibility index (Phi) is 6.05. The highest BCUT2D eigenvalue weighted by molar-refractivity contribution is 6.42. The lowest BCUT2D eigenvalue weighted by Crippen LogP contribution is -2.09. The molecule has 2 rings (SSSR count). The van der Waals surface area contributed by atoms with Crippen LogP contribution in [0.3, 0.4) is 0 Å². The van der Waals surface area contributed by atoms with Crippen LogP contribution in [0.1, 0.15) is 27.9 Å². The van der Waals surface area contributed by atoms with Crippen LogP contribution in [-0.4, -0.2) is 16.9 Å². The fourth-order valence-corrected chi connectivity index (χ4v) is 2.71. The summed E-state index contributed by atoms with van der Waals surface area (Å²) in [6, 6.07) is 9.63. The van der Waals surface area contributed by atoms with Crippen molar-refractivity contribution in [3.05, 3.63) is 68.2 Å². The molecule has 2 aromatic carbocycles. The maximum atomic E-state index is 12.1. The first-order valence-electron chi connectivity index (χ1n) is 6.84. The van der Waals surface area contributed by atoms with Gasteiger partial charge >= 0.3 is 5.97 Å². The fourth-order valence-electron chi connectivity index (χ4n) is 2.20. The summed E-state index contributed by atoms with van der Waals surface area (Å²) < 4.78 is 0. The smallest absolute Gasteiger partial charge is 0.335 e. The topological polar surface area (TPSA) is 54.4 Å². The molecule has 6 heteroatoms. The molecule has 0 saturated carbocycles. The van der Waals surface area contributed by atoms with Gasteiger partial charge in [-0.2, -0.15) is 0 Å². The van der Waals surface area contributed by atoms with Crippen LogP contribution in [0.5, 0.6) is 0 Å². The Balaban J connectivity index is 2.03. The molecule has 0 atom stereocenters. The van der Waals surface area contributed by atoms with Gasteiger partial charge in [-0.3, -0.25) is 4.79 Å². The summed E-state index contributed by atoms with van der Waals surface area (Å²) in [6.45, 7) is 0. The number of hydrogen-bond acceptors (Lipinski definition) is 2. The molecule has 1 N–H and O–H groups in total. The van der Waals surface area contributed by atoms with Crippen molar-refractivity contribution in [3.63, 3.8) is 0 Å². The largest absolute Gasteiger partial charge is 0.478 e. The molecule has 0 heterocycles. The number of carbonyl (C=O) groups excluding carboxylic acids is 1. The van der Waals surface area contributed by atoms with E-state index in [1.165, 1.54) is 18.2 Å². The third kappa shape index (κ3) is 4.96. The summed E-state index contributed by atoms with van der Waals surface area (Å²) >= 11 is 17.7. The van der Waals surface area contributed by atoms with E-state index >= 15 is 0 Å². The minimum Gasteiger partial charge on any atom is -0.478 e. The number of hydrogen-bond donors (Lipinski definition) is 1. The van der Waals surface area contributed by atoms with Gasteiger partial charge in [0, 0.05) is 17.9 Å². The Morgan fingerprint density at radius 2 is 1.70 bits per heavy atom. The van der Waals surface area contributed by atoms with Crippen LogP contribution in [0.15, 0.2) is 36.4 Å². The van der Waals surface area contributed by atoms with Gasteiger partial charge in [0.15, 0.2) is 0 Å². The molecule has 23 heavy (non-hydrogen) atoms. The predicted molar refractivity (Wildman–Crippen MR) is 91.9 cm³/mol. The molecule has 0 radical (unpaired) electrons. The van der Waals surface area contributed by atoms with Crippen LogP contribution < -0.4 is 0 Å². The molecule has 0 bridgehead atoms. The Labute approximate surface area is 148 Å². The minimum absolute atomic E-state index is 0.0313. The Hall–Kier alpha value is -1.55. The molecule has 120 valence electrons. The van der Waals surface area contributed by atoms with E-state index in [1.54, 1.807) is 12.1 Å². The number of rotatable bonds is 6. The van der Waals surface area contributed by atoms with E-state index in [0.29, 0.717) is 27.1 Å². The second-order valence-corrected chi connectivity index (χ2v) is 6.32. The van der Waals surface area contributed by atoms with Crippen LogP contribution in [0.4, 0.5) is 0 Å². The Morgan fingerprint density at radius 1 is 0.957 bits per heavy atom. The van der Waals surface area contributed by atoms with Gasteiger partial charge in [0.05, 0.1) is 15.6 Å². The summed E-state index contributed by atoms with van der Waals surface area (Å²) in [5.74, 6) is -1.14. The average molecular weight is 372 g/mol. The van der Waals surface area contributed by atoms with Crippen LogP contribution in [0.25, 0.3) is 0 Å². The SMILES string of the molecule is O=C(CCc1ccc(Cl)c(Cl)c1)Cc1cc(Cl)ccc1C(=O)O. The van der Waals surface area contributed by atoms with Crippen LogP contribution >= 0.6 is 34.8 Å². The minimum atomic E-state index is -1.08. The van der Waals surface area contributed by atoms with Crippen molar-refractivity contribution < 1.29 is 14.7 Å². The normalized spacial score (nSPS) is 10.6. The number of aryl methyl sites for hydroxylation is 1. The molecule has 0 aromatic heterocycles. The van der Waals surface area contributed by atoms with E-state index in [0.717, 1.165) is 5.56 Å². The van der Waals surface area contributed by atoms with Crippen molar-refractivity contribution in [3.8, 4) is 0 Å². The molecule has 2 aromatic rings. The first kappa shape index (κ1) is 17.8. The van der Waals surface area contributed by atoms with Crippen molar-refractivity contribution in [2.24, 2.45) is 0 Å². The van der Waals surface area contributed by atoms with Crippen LogP contribution in [0, 0.1) is 0 Å². The highest BCUT2D eigenvalue weighted by Gasteiger charge is 2.14. The summed E-state index contributed by atoms with van der Waals surface area (Å²) in [6.07, 6.45) is 0.825.